The molecule has 3 aromatic rings. The fourth-order valence-electron chi connectivity index (χ4n) is 2.21. The minimum Gasteiger partial charge on any atom is -0.0843 e. The molecule has 0 amide bonds. The van der Waals surface area contributed by atoms with Crippen molar-refractivity contribution in [3.05, 3.63) is 82.3 Å². The van der Waals surface area contributed by atoms with Crippen molar-refractivity contribution in [1.82, 2.24) is 0 Å². The number of rotatable bonds is 2. The molecule has 0 saturated carbocycles. The van der Waals surface area contributed by atoms with Crippen molar-refractivity contribution in [2.24, 2.45) is 0 Å². The summed E-state index contributed by atoms with van der Waals surface area (Å²) in [6.07, 6.45) is 0. The summed E-state index contributed by atoms with van der Waals surface area (Å²) in [7, 11) is 0. The SMILES string of the molecule is Clc1cc(Br)cc(-c2ccc(-c3ccccc3)cc2)c1. The molecule has 0 heterocycles. The Morgan fingerprint density at radius 1 is 0.600 bits per heavy atom. The molecule has 0 N–H and O–H groups in total. The molecule has 0 radical (unpaired) electrons. The van der Waals surface area contributed by atoms with Crippen LogP contribution >= 0.6 is 27.5 Å². The molecule has 0 unspecified atom stereocenters. The molecule has 0 spiro atoms. The number of halogens is 2. The lowest BCUT2D eigenvalue weighted by molar-refractivity contribution is 1.57. The maximum Gasteiger partial charge on any atom is 0.0423 e. The minimum absolute atomic E-state index is 0.738. The van der Waals surface area contributed by atoms with Gasteiger partial charge in [-0.15, -0.1) is 0 Å². The third kappa shape index (κ3) is 2.95. The van der Waals surface area contributed by atoms with Crippen molar-refractivity contribution in [3.8, 4) is 22.3 Å². The second kappa shape index (κ2) is 5.82. The van der Waals surface area contributed by atoms with Crippen molar-refractivity contribution < 1.29 is 0 Å². The summed E-state index contributed by atoms with van der Waals surface area (Å²) in [5.74, 6) is 0. The monoisotopic (exact) mass is 342 g/mol. The quantitative estimate of drug-likeness (QED) is 0.502. The zero-order valence-corrected chi connectivity index (χ0v) is 13.0. The van der Waals surface area contributed by atoms with E-state index in [1.807, 2.05) is 18.2 Å². The van der Waals surface area contributed by atoms with Crippen LogP contribution < -0.4 is 0 Å². The largest absolute Gasteiger partial charge is 0.0843 e. The Morgan fingerprint density at radius 2 is 1.15 bits per heavy atom. The first-order valence-electron chi connectivity index (χ1n) is 6.34. The van der Waals surface area contributed by atoms with Crippen LogP contribution in [0.1, 0.15) is 0 Å². The molecule has 0 nitrogen and oxygen atoms in total. The first-order chi connectivity index (χ1) is 9.72. The van der Waals surface area contributed by atoms with Crippen molar-refractivity contribution >= 4 is 27.5 Å². The van der Waals surface area contributed by atoms with Gasteiger partial charge in [0.1, 0.15) is 0 Å². The molecule has 98 valence electrons. The first kappa shape index (κ1) is 13.4. The molecule has 0 bridgehead atoms. The van der Waals surface area contributed by atoms with Crippen molar-refractivity contribution in [1.29, 1.82) is 0 Å². The molecule has 0 aliphatic heterocycles. The Kier molecular flexibility index (Phi) is 3.90. The van der Waals surface area contributed by atoms with Crippen LogP contribution in [0.4, 0.5) is 0 Å². The molecule has 0 aromatic heterocycles. The van der Waals surface area contributed by atoms with Crippen LogP contribution in [0.5, 0.6) is 0 Å². The standard InChI is InChI=1S/C18H12BrCl/c19-17-10-16(11-18(20)12-17)15-8-6-14(7-9-15)13-4-2-1-3-5-13/h1-12H. The van der Waals surface area contributed by atoms with E-state index in [2.05, 4.69) is 70.5 Å². The topological polar surface area (TPSA) is 0 Å². The van der Waals surface area contributed by atoms with Gasteiger partial charge in [-0.1, -0.05) is 82.1 Å². The highest BCUT2D eigenvalue weighted by molar-refractivity contribution is 9.10. The van der Waals surface area contributed by atoms with Crippen LogP contribution in [0.3, 0.4) is 0 Å². The summed E-state index contributed by atoms with van der Waals surface area (Å²) >= 11 is 9.57. The summed E-state index contributed by atoms with van der Waals surface area (Å²) in [5, 5.41) is 0.738. The zero-order valence-electron chi connectivity index (χ0n) is 10.7. The highest BCUT2D eigenvalue weighted by atomic mass is 79.9. The van der Waals surface area contributed by atoms with Crippen molar-refractivity contribution in [2.45, 2.75) is 0 Å². The van der Waals surface area contributed by atoms with E-state index in [0.29, 0.717) is 0 Å². The zero-order chi connectivity index (χ0) is 13.9. The number of hydrogen-bond donors (Lipinski definition) is 0. The van der Waals surface area contributed by atoms with Crippen molar-refractivity contribution in [2.75, 3.05) is 0 Å². The van der Waals surface area contributed by atoms with Gasteiger partial charge in [0.2, 0.25) is 0 Å². The van der Waals surface area contributed by atoms with E-state index in [9.17, 15) is 0 Å². The summed E-state index contributed by atoms with van der Waals surface area (Å²) in [5.41, 5.74) is 4.72. The van der Waals surface area contributed by atoms with Gasteiger partial charge in [0.25, 0.3) is 0 Å². The van der Waals surface area contributed by atoms with E-state index in [-0.39, 0.29) is 0 Å². The van der Waals surface area contributed by atoms with Gasteiger partial charge >= 0.3 is 0 Å². The predicted octanol–water partition coefficient (Wildman–Crippen LogP) is 6.44. The second-order valence-corrected chi connectivity index (χ2v) is 5.95. The molecule has 2 heteroatoms. The Bertz CT molecular complexity index is 698. The lowest BCUT2D eigenvalue weighted by Gasteiger charge is -2.06. The van der Waals surface area contributed by atoms with Gasteiger partial charge in [-0.05, 0) is 40.5 Å². The van der Waals surface area contributed by atoms with Gasteiger partial charge in [-0.2, -0.15) is 0 Å². The Balaban J connectivity index is 1.97. The van der Waals surface area contributed by atoms with Gasteiger partial charge in [0.05, 0.1) is 0 Å². The molecule has 0 aliphatic carbocycles. The fourth-order valence-corrected chi connectivity index (χ4v) is 3.07. The highest BCUT2D eigenvalue weighted by Crippen LogP contribution is 2.29. The lowest BCUT2D eigenvalue weighted by atomic mass is 10.0. The average Bonchev–Trinajstić information content (AvgIpc) is 2.47. The van der Waals surface area contributed by atoms with Gasteiger partial charge < -0.3 is 0 Å². The number of benzene rings is 3. The molecule has 3 aromatic carbocycles. The molecule has 0 atom stereocenters. The van der Waals surface area contributed by atoms with Crippen LogP contribution in [0, 0.1) is 0 Å². The van der Waals surface area contributed by atoms with Gasteiger partial charge in [0.15, 0.2) is 0 Å². The van der Waals surface area contributed by atoms with Crippen LogP contribution in [-0.2, 0) is 0 Å². The molecule has 0 aliphatic rings. The smallest absolute Gasteiger partial charge is 0.0423 e. The third-order valence-corrected chi connectivity index (χ3v) is 3.86. The van der Waals surface area contributed by atoms with E-state index >= 15 is 0 Å². The van der Waals surface area contributed by atoms with E-state index in [1.165, 1.54) is 11.1 Å². The third-order valence-electron chi connectivity index (χ3n) is 3.19. The molecule has 0 saturated heterocycles. The summed E-state index contributed by atoms with van der Waals surface area (Å²) < 4.78 is 0.993. The van der Waals surface area contributed by atoms with Crippen LogP contribution in [0.25, 0.3) is 22.3 Å². The maximum atomic E-state index is 6.10. The Hall–Kier alpha value is -1.57. The normalized spacial score (nSPS) is 10.5. The van der Waals surface area contributed by atoms with Gasteiger partial charge in [-0.25, -0.2) is 0 Å². The predicted molar refractivity (Wildman–Crippen MR) is 90.0 cm³/mol. The molecular weight excluding hydrogens is 332 g/mol. The lowest BCUT2D eigenvalue weighted by Crippen LogP contribution is -1.81. The van der Waals surface area contributed by atoms with Crippen LogP contribution in [0.2, 0.25) is 5.02 Å². The number of hydrogen-bond acceptors (Lipinski definition) is 0. The van der Waals surface area contributed by atoms with Gasteiger partial charge in [-0.3, -0.25) is 0 Å². The molecular formula is C18H12BrCl. The molecule has 20 heavy (non-hydrogen) atoms. The summed E-state index contributed by atoms with van der Waals surface area (Å²) in [6.45, 7) is 0. The minimum atomic E-state index is 0.738. The maximum absolute atomic E-state index is 6.10. The van der Waals surface area contributed by atoms with Crippen LogP contribution in [-0.4, -0.2) is 0 Å². The molecule has 3 rings (SSSR count). The highest BCUT2D eigenvalue weighted by Gasteiger charge is 2.02. The second-order valence-electron chi connectivity index (χ2n) is 4.60. The Morgan fingerprint density at radius 3 is 1.75 bits per heavy atom. The van der Waals surface area contributed by atoms with E-state index in [1.54, 1.807) is 0 Å². The fraction of sp³-hybridized carbons (Fsp3) is 0. The first-order valence-corrected chi connectivity index (χ1v) is 7.51. The van der Waals surface area contributed by atoms with Crippen LogP contribution in [0.15, 0.2) is 77.3 Å². The Labute approximate surface area is 132 Å². The van der Waals surface area contributed by atoms with Crippen molar-refractivity contribution in [3.63, 3.8) is 0 Å². The summed E-state index contributed by atoms with van der Waals surface area (Å²) in [6, 6.07) is 24.8. The summed E-state index contributed by atoms with van der Waals surface area (Å²) in [4.78, 5) is 0. The van der Waals surface area contributed by atoms with E-state index in [4.69, 9.17) is 11.6 Å². The average molecular weight is 344 g/mol. The van der Waals surface area contributed by atoms with E-state index in [0.717, 1.165) is 20.6 Å². The van der Waals surface area contributed by atoms with E-state index < -0.39 is 0 Å². The molecule has 0 fully saturated rings. The van der Waals surface area contributed by atoms with Gasteiger partial charge in [0, 0.05) is 9.50 Å².